The molecule has 174 valence electrons. The minimum absolute atomic E-state index is 0.0205. The van der Waals surface area contributed by atoms with Crippen LogP contribution in [0.15, 0.2) is 65.2 Å². The molecule has 1 N–H and O–H groups in total. The standard InChI is InChI=1S/C22H15Cl2FN4O5/c23-17-7-5-15(29(31)32)9-20(17)33-12-16-6-8-19(34-16)22(30)26-21-18(24)11-28(27-21)10-13-1-3-14(25)4-2-13/h1-9,11H,10,12H2,(H,26,27,30). The molecule has 9 nitrogen and oxygen atoms in total. The summed E-state index contributed by atoms with van der Waals surface area (Å²) in [5.74, 6) is -0.420. The SMILES string of the molecule is O=C(Nc1nn(Cc2ccc(F)cc2)cc1Cl)c1ccc(COc2cc([N+](=O)[O-])ccc2Cl)o1. The molecule has 0 radical (unpaired) electrons. The largest absolute Gasteiger partial charge is 0.484 e. The van der Waals surface area contributed by atoms with Crippen molar-refractivity contribution in [3.05, 3.63) is 104 Å². The number of hydrogen-bond donors (Lipinski definition) is 1. The van der Waals surface area contributed by atoms with Gasteiger partial charge in [0.1, 0.15) is 29.0 Å². The van der Waals surface area contributed by atoms with Gasteiger partial charge in [-0.1, -0.05) is 35.3 Å². The van der Waals surface area contributed by atoms with Gasteiger partial charge in [-0.3, -0.25) is 19.6 Å². The average Bonchev–Trinajstić information content (AvgIpc) is 3.41. The molecule has 0 spiro atoms. The molecule has 4 rings (SSSR count). The monoisotopic (exact) mass is 504 g/mol. The molecule has 0 fully saturated rings. The third-order valence-electron chi connectivity index (χ3n) is 4.59. The van der Waals surface area contributed by atoms with E-state index in [0.29, 0.717) is 12.3 Å². The molecule has 0 saturated heterocycles. The van der Waals surface area contributed by atoms with Crippen molar-refractivity contribution in [2.24, 2.45) is 0 Å². The highest BCUT2D eigenvalue weighted by molar-refractivity contribution is 6.33. The summed E-state index contributed by atoms with van der Waals surface area (Å²) in [5, 5.41) is 18.1. The summed E-state index contributed by atoms with van der Waals surface area (Å²) in [6.45, 7) is 0.222. The third-order valence-corrected chi connectivity index (χ3v) is 5.18. The fraction of sp³-hybridized carbons (Fsp3) is 0.0909. The van der Waals surface area contributed by atoms with Gasteiger partial charge >= 0.3 is 0 Å². The fourth-order valence-corrected chi connectivity index (χ4v) is 3.32. The van der Waals surface area contributed by atoms with Crippen LogP contribution in [0.25, 0.3) is 0 Å². The Kier molecular flexibility index (Phi) is 6.80. The molecule has 0 unspecified atom stereocenters. The first-order valence-corrected chi connectivity index (χ1v) is 10.5. The van der Waals surface area contributed by atoms with Crippen LogP contribution < -0.4 is 10.1 Å². The number of nitrogens with one attached hydrogen (secondary N) is 1. The second-order valence-electron chi connectivity index (χ2n) is 7.03. The molecular weight excluding hydrogens is 490 g/mol. The number of amides is 1. The Labute approximate surface area is 201 Å². The van der Waals surface area contributed by atoms with Crippen LogP contribution in [0.3, 0.4) is 0 Å². The van der Waals surface area contributed by atoms with Gasteiger partial charge in [-0.25, -0.2) is 4.39 Å². The van der Waals surface area contributed by atoms with Crippen molar-refractivity contribution in [3.63, 3.8) is 0 Å². The van der Waals surface area contributed by atoms with Crippen LogP contribution in [0.2, 0.25) is 10.0 Å². The van der Waals surface area contributed by atoms with Crippen molar-refractivity contribution in [1.29, 1.82) is 0 Å². The van der Waals surface area contributed by atoms with Crippen LogP contribution in [0.5, 0.6) is 5.75 Å². The molecular formula is C22H15Cl2FN4O5. The molecule has 2 aromatic heterocycles. The van der Waals surface area contributed by atoms with Crippen molar-refractivity contribution < 1.29 is 23.3 Å². The summed E-state index contributed by atoms with van der Waals surface area (Å²) in [6, 6.07) is 12.7. The smallest absolute Gasteiger partial charge is 0.292 e. The molecule has 1 amide bonds. The van der Waals surface area contributed by atoms with Gasteiger partial charge in [-0.2, -0.15) is 5.10 Å². The number of benzene rings is 2. The van der Waals surface area contributed by atoms with Crippen molar-refractivity contribution in [1.82, 2.24) is 9.78 Å². The van der Waals surface area contributed by atoms with Gasteiger partial charge < -0.3 is 14.5 Å². The molecule has 4 aromatic rings. The first-order chi connectivity index (χ1) is 16.3. The summed E-state index contributed by atoms with van der Waals surface area (Å²) in [5.41, 5.74) is 0.632. The van der Waals surface area contributed by atoms with Crippen LogP contribution in [-0.4, -0.2) is 20.6 Å². The lowest BCUT2D eigenvalue weighted by Gasteiger charge is -2.06. The van der Waals surface area contributed by atoms with Crippen molar-refractivity contribution >= 4 is 40.6 Å². The van der Waals surface area contributed by atoms with E-state index in [-0.39, 0.29) is 45.5 Å². The number of carbonyl (C=O) groups is 1. The van der Waals surface area contributed by atoms with Crippen LogP contribution >= 0.6 is 23.2 Å². The van der Waals surface area contributed by atoms with Gasteiger partial charge in [0.25, 0.3) is 11.6 Å². The Hall–Kier alpha value is -3.89. The molecule has 0 aliphatic carbocycles. The maximum atomic E-state index is 13.1. The zero-order valence-corrected chi connectivity index (χ0v) is 18.7. The first kappa shape index (κ1) is 23.3. The third kappa shape index (κ3) is 5.53. The predicted octanol–water partition coefficient (Wildman–Crippen LogP) is 5.71. The summed E-state index contributed by atoms with van der Waals surface area (Å²) in [7, 11) is 0. The highest BCUT2D eigenvalue weighted by Crippen LogP contribution is 2.30. The highest BCUT2D eigenvalue weighted by Gasteiger charge is 2.17. The van der Waals surface area contributed by atoms with Gasteiger partial charge in [0.15, 0.2) is 11.6 Å². The molecule has 0 aliphatic heterocycles. The quantitative estimate of drug-likeness (QED) is 0.243. The Morgan fingerprint density at radius 1 is 1.15 bits per heavy atom. The summed E-state index contributed by atoms with van der Waals surface area (Å²) < 4.78 is 25.5. The van der Waals surface area contributed by atoms with Gasteiger partial charge in [0.05, 0.1) is 22.6 Å². The van der Waals surface area contributed by atoms with E-state index in [4.69, 9.17) is 32.4 Å². The lowest BCUT2D eigenvalue weighted by molar-refractivity contribution is -0.384. The molecule has 0 bridgehead atoms. The topological polar surface area (TPSA) is 112 Å². The number of non-ortho nitro benzene ring substituents is 1. The number of aromatic nitrogens is 2. The number of furan rings is 1. The summed E-state index contributed by atoms with van der Waals surface area (Å²) in [4.78, 5) is 22.9. The van der Waals surface area contributed by atoms with Gasteiger partial charge in [-0.15, -0.1) is 0 Å². The van der Waals surface area contributed by atoms with E-state index in [1.807, 2.05) is 0 Å². The van der Waals surface area contributed by atoms with Gasteiger partial charge in [-0.05, 0) is 35.9 Å². The van der Waals surface area contributed by atoms with E-state index in [1.54, 1.807) is 12.1 Å². The van der Waals surface area contributed by atoms with Gasteiger partial charge in [0, 0.05) is 12.3 Å². The molecule has 2 aromatic carbocycles. The first-order valence-electron chi connectivity index (χ1n) is 9.72. The molecule has 0 aliphatic rings. The van der Waals surface area contributed by atoms with Crippen LogP contribution in [0, 0.1) is 15.9 Å². The second-order valence-corrected chi connectivity index (χ2v) is 7.84. The maximum Gasteiger partial charge on any atom is 0.292 e. The maximum absolute atomic E-state index is 13.1. The number of nitro groups is 1. The minimum atomic E-state index is -0.589. The number of nitrogens with zero attached hydrogens (tertiary/aromatic N) is 3. The minimum Gasteiger partial charge on any atom is -0.484 e. The van der Waals surface area contributed by atoms with Crippen LogP contribution in [0.1, 0.15) is 21.9 Å². The van der Waals surface area contributed by atoms with E-state index < -0.39 is 10.8 Å². The number of halogens is 3. The Morgan fingerprint density at radius 2 is 1.91 bits per heavy atom. The number of anilines is 1. The Morgan fingerprint density at radius 3 is 2.65 bits per heavy atom. The lowest BCUT2D eigenvalue weighted by atomic mass is 10.2. The number of hydrogen-bond acceptors (Lipinski definition) is 6. The normalized spacial score (nSPS) is 10.8. The van der Waals surface area contributed by atoms with E-state index in [1.165, 1.54) is 53.3 Å². The molecule has 2 heterocycles. The molecule has 0 saturated carbocycles. The summed E-state index contributed by atoms with van der Waals surface area (Å²) >= 11 is 12.2. The fourth-order valence-electron chi connectivity index (χ4n) is 2.95. The number of ether oxygens (including phenoxy) is 1. The Bertz CT molecular complexity index is 1350. The molecule has 12 heteroatoms. The molecule has 0 atom stereocenters. The van der Waals surface area contributed by atoms with E-state index >= 15 is 0 Å². The molecule has 34 heavy (non-hydrogen) atoms. The number of rotatable bonds is 8. The van der Waals surface area contributed by atoms with Crippen LogP contribution in [-0.2, 0) is 13.2 Å². The average molecular weight is 505 g/mol. The van der Waals surface area contributed by atoms with E-state index in [2.05, 4.69) is 10.4 Å². The zero-order valence-electron chi connectivity index (χ0n) is 17.2. The zero-order chi connectivity index (χ0) is 24.2. The van der Waals surface area contributed by atoms with Crippen molar-refractivity contribution in [3.8, 4) is 5.75 Å². The van der Waals surface area contributed by atoms with Gasteiger partial charge in [0.2, 0.25) is 0 Å². The number of nitro benzene ring substituents is 1. The lowest BCUT2D eigenvalue weighted by Crippen LogP contribution is -2.12. The van der Waals surface area contributed by atoms with Crippen molar-refractivity contribution in [2.75, 3.05) is 5.32 Å². The number of carbonyl (C=O) groups excluding carboxylic acids is 1. The van der Waals surface area contributed by atoms with Crippen LogP contribution in [0.4, 0.5) is 15.9 Å². The Balaban J connectivity index is 1.38. The van der Waals surface area contributed by atoms with E-state index in [0.717, 1.165) is 5.56 Å². The highest BCUT2D eigenvalue weighted by atomic mass is 35.5. The van der Waals surface area contributed by atoms with E-state index in [9.17, 15) is 19.3 Å². The predicted molar refractivity (Wildman–Crippen MR) is 122 cm³/mol. The summed E-state index contributed by atoms with van der Waals surface area (Å²) in [6.07, 6.45) is 1.53. The van der Waals surface area contributed by atoms with Crippen molar-refractivity contribution in [2.45, 2.75) is 13.2 Å². The second kappa shape index (κ2) is 9.94.